The molecule has 0 bridgehead atoms. The predicted molar refractivity (Wildman–Crippen MR) is 79.7 cm³/mol. The summed E-state index contributed by atoms with van der Waals surface area (Å²) in [6.45, 7) is 0. The van der Waals surface area contributed by atoms with Crippen molar-refractivity contribution in [1.82, 2.24) is 0 Å². The number of aliphatic hydroxyl groups excluding tert-OH is 1. The lowest BCUT2D eigenvalue weighted by molar-refractivity contribution is 0.421. The van der Waals surface area contributed by atoms with Crippen molar-refractivity contribution in [2.45, 2.75) is 0 Å². The van der Waals surface area contributed by atoms with Gasteiger partial charge in [0.15, 0.2) is 0 Å². The number of rotatable bonds is 4. The lowest BCUT2D eigenvalue weighted by Crippen LogP contribution is -2.09. The maximum Gasteiger partial charge on any atom is 0.796 e. The fourth-order valence-electron chi connectivity index (χ4n) is 1.67. The monoisotopic (exact) mass is 338 g/mol. The molecule has 0 aromatic heterocycles. The number of allylic oxidation sites excluding steroid dienone is 7. The van der Waals surface area contributed by atoms with Gasteiger partial charge in [0.1, 0.15) is 11.5 Å². The standard InChI is InChI=1S/C14H10BBrF2O2/c16-11-6-8-14(20-15(17)18)12(9-11)13(19)7-5-10-3-1-2-4-10/h1-9,19H. The van der Waals surface area contributed by atoms with E-state index in [1.165, 1.54) is 18.2 Å². The third-order valence-corrected chi connectivity index (χ3v) is 3.05. The Bertz CT molecular complexity index is 608. The highest BCUT2D eigenvalue weighted by molar-refractivity contribution is 9.10. The van der Waals surface area contributed by atoms with E-state index < -0.39 is 7.47 Å². The van der Waals surface area contributed by atoms with Crippen LogP contribution in [0.1, 0.15) is 5.56 Å². The van der Waals surface area contributed by atoms with Gasteiger partial charge in [0.2, 0.25) is 0 Å². The highest BCUT2D eigenvalue weighted by Crippen LogP contribution is 2.29. The number of hydrogen-bond donors (Lipinski definition) is 1. The summed E-state index contributed by atoms with van der Waals surface area (Å²) < 4.78 is 29.7. The molecule has 0 saturated carbocycles. The summed E-state index contributed by atoms with van der Waals surface area (Å²) in [5.41, 5.74) is 1.10. The summed E-state index contributed by atoms with van der Waals surface area (Å²) >= 11 is 3.23. The molecule has 0 spiro atoms. The van der Waals surface area contributed by atoms with Gasteiger partial charge in [0.05, 0.1) is 5.56 Å². The second-order valence-corrected chi connectivity index (χ2v) is 4.87. The second kappa shape index (κ2) is 6.57. The Kier molecular flexibility index (Phi) is 4.79. The molecule has 1 aliphatic rings. The Hall–Kier alpha value is -1.82. The van der Waals surface area contributed by atoms with Gasteiger partial charge in [-0.05, 0) is 29.8 Å². The fourth-order valence-corrected chi connectivity index (χ4v) is 2.03. The molecule has 102 valence electrons. The van der Waals surface area contributed by atoms with Crippen LogP contribution in [-0.2, 0) is 0 Å². The molecular weight excluding hydrogens is 329 g/mol. The summed E-state index contributed by atoms with van der Waals surface area (Å²) in [5, 5.41) is 10.0. The van der Waals surface area contributed by atoms with E-state index in [-0.39, 0.29) is 17.1 Å². The van der Waals surface area contributed by atoms with Crippen LogP contribution in [-0.4, -0.2) is 12.6 Å². The molecule has 0 radical (unpaired) electrons. The fraction of sp³-hybridized carbons (Fsp3) is 0. The predicted octanol–water partition coefficient (Wildman–Crippen LogP) is 4.70. The van der Waals surface area contributed by atoms with Crippen LogP contribution in [0.4, 0.5) is 8.63 Å². The average Bonchev–Trinajstić information content (AvgIpc) is 2.90. The first-order chi connectivity index (χ1) is 9.56. The molecule has 0 aliphatic heterocycles. The molecule has 0 amide bonds. The van der Waals surface area contributed by atoms with Gasteiger partial charge >= 0.3 is 7.47 Å². The molecule has 0 unspecified atom stereocenters. The van der Waals surface area contributed by atoms with Crippen LogP contribution in [0.3, 0.4) is 0 Å². The summed E-state index contributed by atoms with van der Waals surface area (Å²) in [4.78, 5) is 0. The highest BCUT2D eigenvalue weighted by Gasteiger charge is 2.20. The van der Waals surface area contributed by atoms with E-state index in [9.17, 15) is 13.7 Å². The maximum atomic E-state index is 12.3. The van der Waals surface area contributed by atoms with Gasteiger partial charge in [-0.1, -0.05) is 46.3 Å². The van der Waals surface area contributed by atoms with E-state index in [0.717, 1.165) is 5.57 Å². The minimum absolute atomic E-state index is 0.0761. The van der Waals surface area contributed by atoms with Crippen LogP contribution in [0.5, 0.6) is 5.75 Å². The smallest absolute Gasteiger partial charge is 0.507 e. The molecule has 2 nitrogen and oxygen atoms in total. The van der Waals surface area contributed by atoms with Gasteiger partial charge in [-0.3, -0.25) is 0 Å². The third-order valence-electron chi connectivity index (χ3n) is 2.56. The zero-order chi connectivity index (χ0) is 14.5. The molecule has 1 N–H and O–H groups in total. The number of benzene rings is 1. The molecule has 1 aromatic carbocycles. The van der Waals surface area contributed by atoms with E-state index in [1.807, 2.05) is 24.3 Å². The van der Waals surface area contributed by atoms with Crippen molar-refractivity contribution in [3.8, 4) is 5.75 Å². The minimum Gasteiger partial charge on any atom is -0.507 e. The van der Waals surface area contributed by atoms with Crippen LogP contribution in [0, 0.1) is 0 Å². The summed E-state index contributed by atoms with van der Waals surface area (Å²) in [6, 6.07) is 4.45. The van der Waals surface area contributed by atoms with Crippen LogP contribution >= 0.6 is 15.9 Å². The van der Waals surface area contributed by atoms with Crippen LogP contribution in [0.2, 0.25) is 0 Å². The number of hydrogen-bond acceptors (Lipinski definition) is 2. The SMILES string of the molecule is OC(=CC=C1C=CC=C1)c1cc(Br)ccc1OB(F)F. The Morgan fingerprint density at radius 1 is 1.25 bits per heavy atom. The Balaban J connectivity index is 2.32. The lowest BCUT2D eigenvalue weighted by Gasteiger charge is -2.09. The summed E-state index contributed by atoms with van der Waals surface area (Å²) in [6.07, 6.45) is 10.6. The normalized spacial score (nSPS) is 13.8. The molecular formula is C14H10BBrF2O2. The Morgan fingerprint density at radius 3 is 2.60 bits per heavy atom. The van der Waals surface area contributed by atoms with Crippen LogP contribution in [0.25, 0.3) is 5.76 Å². The molecule has 0 saturated heterocycles. The third kappa shape index (κ3) is 3.84. The molecule has 0 fully saturated rings. The van der Waals surface area contributed by atoms with E-state index in [0.29, 0.717) is 4.47 Å². The first kappa shape index (κ1) is 14.6. The van der Waals surface area contributed by atoms with Gasteiger partial charge in [0, 0.05) is 4.47 Å². The summed E-state index contributed by atoms with van der Waals surface area (Å²) in [5.74, 6) is -0.226. The molecule has 2 rings (SSSR count). The minimum atomic E-state index is -2.94. The van der Waals surface area contributed by atoms with Crippen molar-refractivity contribution in [2.24, 2.45) is 0 Å². The number of aliphatic hydroxyl groups is 1. The molecule has 1 aliphatic carbocycles. The molecule has 0 heterocycles. The van der Waals surface area contributed by atoms with E-state index in [2.05, 4.69) is 20.6 Å². The van der Waals surface area contributed by atoms with Crippen molar-refractivity contribution in [3.05, 3.63) is 70.3 Å². The van der Waals surface area contributed by atoms with Gasteiger partial charge in [-0.2, -0.15) is 0 Å². The van der Waals surface area contributed by atoms with Crippen LogP contribution < -0.4 is 4.65 Å². The largest absolute Gasteiger partial charge is 0.796 e. The Morgan fingerprint density at radius 2 is 1.95 bits per heavy atom. The number of halogens is 3. The van der Waals surface area contributed by atoms with Crippen molar-refractivity contribution in [2.75, 3.05) is 0 Å². The zero-order valence-electron chi connectivity index (χ0n) is 10.3. The Labute approximate surface area is 124 Å². The molecule has 0 atom stereocenters. The quantitative estimate of drug-likeness (QED) is 0.636. The van der Waals surface area contributed by atoms with Crippen molar-refractivity contribution >= 4 is 29.2 Å². The molecule has 20 heavy (non-hydrogen) atoms. The van der Waals surface area contributed by atoms with Gasteiger partial charge < -0.3 is 9.76 Å². The lowest BCUT2D eigenvalue weighted by atomic mass is 10.1. The van der Waals surface area contributed by atoms with Gasteiger partial charge in [0.25, 0.3) is 0 Å². The van der Waals surface area contributed by atoms with E-state index in [4.69, 9.17) is 0 Å². The molecule has 1 aromatic rings. The first-order valence-electron chi connectivity index (χ1n) is 5.76. The van der Waals surface area contributed by atoms with E-state index >= 15 is 0 Å². The topological polar surface area (TPSA) is 29.5 Å². The van der Waals surface area contributed by atoms with Crippen molar-refractivity contribution in [1.29, 1.82) is 0 Å². The zero-order valence-corrected chi connectivity index (χ0v) is 11.8. The second-order valence-electron chi connectivity index (χ2n) is 3.96. The van der Waals surface area contributed by atoms with E-state index in [1.54, 1.807) is 12.1 Å². The van der Waals surface area contributed by atoms with Crippen molar-refractivity contribution < 1.29 is 18.4 Å². The van der Waals surface area contributed by atoms with Crippen molar-refractivity contribution in [3.63, 3.8) is 0 Å². The van der Waals surface area contributed by atoms with Gasteiger partial charge in [-0.15, -0.1) is 0 Å². The average molecular weight is 339 g/mol. The van der Waals surface area contributed by atoms with Gasteiger partial charge in [-0.25, -0.2) is 8.63 Å². The first-order valence-corrected chi connectivity index (χ1v) is 6.56. The van der Waals surface area contributed by atoms with Crippen LogP contribution in [0.15, 0.2) is 64.7 Å². The summed E-state index contributed by atoms with van der Waals surface area (Å²) in [7, 11) is -2.94. The molecule has 6 heteroatoms. The highest BCUT2D eigenvalue weighted by atomic mass is 79.9. The maximum absolute atomic E-state index is 12.3.